The van der Waals surface area contributed by atoms with Gasteiger partial charge in [-0.3, -0.25) is 0 Å². The van der Waals surface area contributed by atoms with Crippen LogP contribution in [0.25, 0.3) is 11.3 Å². The average molecular weight is 268 g/mol. The van der Waals surface area contributed by atoms with E-state index in [-0.39, 0.29) is 0 Å². The second-order valence-electron chi connectivity index (χ2n) is 3.27. The number of benzene rings is 1. The summed E-state index contributed by atoms with van der Waals surface area (Å²) in [6.45, 7) is 1.64. The first-order valence-electron chi connectivity index (χ1n) is 4.58. The summed E-state index contributed by atoms with van der Waals surface area (Å²) in [4.78, 5) is 0. The van der Waals surface area contributed by atoms with Crippen LogP contribution in [0.2, 0.25) is 0 Å². The summed E-state index contributed by atoms with van der Waals surface area (Å²) in [5.41, 5.74) is 1.67. The molecule has 3 nitrogen and oxygen atoms in total. The smallest absolute Gasteiger partial charge is 0.165 e. The largest absolute Gasteiger partial charge is 0.385 e. The molecule has 0 radical (unpaired) electrons. The predicted molar refractivity (Wildman–Crippen MR) is 60.3 cm³/mol. The van der Waals surface area contributed by atoms with E-state index in [4.69, 9.17) is 4.52 Å². The van der Waals surface area contributed by atoms with Crippen molar-refractivity contribution < 1.29 is 9.63 Å². The van der Waals surface area contributed by atoms with Gasteiger partial charge in [0.15, 0.2) is 5.76 Å². The highest BCUT2D eigenvalue weighted by molar-refractivity contribution is 9.10. The van der Waals surface area contributed by atoms with Gasteiger partial charge < -0.3 is 9.63 Å². The van der Waals surface area contributed by atoms with Gasteiger partial charge in [0, 0.05) is 16.1 Å². The topological polar surface area (TPSA) is 46.3 Å². The van der Waals surface area contributed by atoms with Crippen molar-refractivity contribution in [1.29, 1.82) is 0 Å². The summed E-state index contributed by atoms with van der Waals surface area (Å²) in [7, 11) is 0. The Morgan fingerprint density at radius 1 is 1.40 bits per heavy atom. The molecule has 1 aromatic carbocycles. The SMILES string of the molecule is CC(O)c1cc(-c2ccccc2Br)no1. The minimum Gasteiger partial charge on any atom is -0.385 e. The maximum atomic E-state index is 9.31. The lowest BCUT2D eigenvalue weighted by Crippen LogP contribution is -1.85. The number of halogens is 1. The molecule has 0 spiro atoms. The Morgan fingerprint density at radius 3 is 2.73 bits per heavy atom. The van der Waals surface area contributed by atoms with E-state index in [1.807, 2.05) is 24.3 Å². The van der Waals surface area contributed by atoms with Crippen molar-refractivity contribution in [1.82, 2.24) is 5.16 Å². The molecule has 2 rings (SSSR count). The molecule has 1 atom stereocenters. The zero-order chi connectivity index (χ0) is 10.8. The maximum Gasteiger partial charge on any atom is 0.165 e. The summed E-state index contributed by atoms with van der Waals surface area (Å²) >= 11 is 3.44. The third-order valence-electron chi connectivity index (χ3n) is 2.09. The fraction of sp³-hybridized carbons (Fsp3) is 0.182. The first-order chi connectivity index (χ1) is 7.18. The average Bonchev–Trinajstić information content (AvgIpc) is 2.67. The molecule has 1 unspecified atom stereocenters. The number of aromatic nitrogens is 1. The third-order valence-corrected chi connectivity index (χ3v) is 2.78. The van der Waals surface area contributed by atoms with Crippen molar-refractivity contribution in [3.63, 3.8) is 0 Å². The van der Waals surface area contributed by atoms with Gasteiger partial charge in [-0.25, -0.2) is 0 Å². The molecule has 1 heterocycles. The Labute approximate surface area is 95.8 Å². The molecule has 0 saturated heterocycles. The quantitative estimate of drug-likeness (QED) is 0.909. The van der Waals surface area contributed by atoms with Gasteiger partial charge in [-0.15, -0.1) is 0 Å². The summed E-state index contributed by atoms with van der Waals surface area (Å²) < 4.78 is 5.97. The number of nitrogens with zero attached hydrogens (tertiary/aromatic N) is 1. The minimum atomic E-state index is -0.631. The first-order valence-corrected chi connectivity index (χ1v) is 5.37. The summed E-state index contributed by atoms with van der Waals surface area (Å²) in [6, 6.07) is 9.48. The molecule has 15 heavy (non-hydrogen) atoms. The monoisotopic (exact) mass is 267 g/mol. The third kappa shape index (κ3) is 2.11. The van der Waals surface area contributed by atoms with Gasteiger partial charge in [-0.1, -0.05) is 39.3 Å². The van der Waals surface area contributed by atoms with Crippen LogP contribution in [0.15, 0.2) is 39.3 Å². The van der Waals surface area contributed by atoms with Gasteiger partial charge >= 0.3 is 0 Å². The zero-order valence-corrected chi connectivity index (χ0v) is 9.73. The molecule has 0 fully saturated rings. The van der Waals surface area contributed by atoms with Crippen LogP contribution in [0.5, 0.6) is 0 Å². The van der Waals surface area contributed by atoms with Crippen LogP contribution in [-0.2, 0) is 0 Å². The van der Waals surface area contributed by atoms with Crippen LogP contribution >= 0.6 is 15.9 Å². The molecular formula is C11H10BrNO2. The van der Waals surface area contributed by atoms with E-state index in [2.05, 4.69) is 21.1 Å². The summed E-state index contributed by atoms with van der Waals surface area (Å²) in [6.07, 6.45) is -0.631. The van der Waals surface area contributed by atoms with Crippen LogP contribution in [0.3, 0.4) is 0 Å². The fourth-order valence-corrected chi connectivity index (χ4v) is 1.77. The van der Waals surface area contributed by atoms with Crippen molar-refractivity contribution in [2.45, 2.75) is 13.0 Å². The number of hydrogen-bond acceptors (Lipinski definition) is 3. The molecular weight excluding hydrogens is 258 g/mol. The van der Waals surface area contributed by atoms with E-state index < -0.39 is 6.10 Å². The highest BCUT2D eigenvalue weighted by Crippen LogP contribution is 2.28. The number of hydrogen-bond donors (Lipinski definition) is 1. The molecule has 78 valence electrons. The Morgan fingerprint density at radius 2 is 2.13 bits per heavy atom. The van der Waals surface area contributed by atoms with Crippen molar-refractivity contribution in [3.8, 4) is 11.3 Å². The van der Waals surface area contributed by atoms with Crippen LogP contribution < -0.4 is 0 Å². The predicted octanol–water partition coefficient (Wildman–Crippen LogP) is 3.16. The highest BCUT2D eigenvalue weighted by atomic mass is 79.9. The molecule has 0 amide bonds. The van der Waals surface area contributed by atoms with Crippen LogP contribution in [0.4, 0.5) is 0 Å². The first kappa shape index (κ1) is 10.4. The zero-order valence-electron chi connectivity index (χ0n) is 8.14. The molecule has 0 aliphatic carbocycles. The Kier molecular flexibility index (Phi) is 2.88. The van der Waals surface area contributed by atoms with E-state index in [1.54, 1.807) is 13.0 Å². The number of aliphatic hydroxyl groups excluding tert-OH is 1. The summed E-state index contributed by atoms with van der Waals surface area (Å²) in [5, 5.41) is 13.2. The van der Waals surface area contributed by atoms with Crippen LogP contribution in [0, 0.1) is 0 Å². The standard InChI is InChI=1S/C11H10BrNO2/c1-7(14)11-6-10(13-15-11)8-4-2-3-5-9(8)12/h2-7,14H,1H3. The number of aliphatic hydroxyl groups is 1. The molecule has 1 aromatic heterocycles. The van der Waals surface area contributed by atoms with Crippen molar-refractivity contribution >= 4 is 15.9 Å². The molecule has 1 N–H and O–H groups in total. The van der Waals surface area contributed by atoms with Gasteiger partial charge in [0.05, 0.1) is 0 Å². The van der Waals surface area contributed by atoms with Gasteiger partial charge in [-0.05, 0) is 13.0 Å². The van der Waals surface area contributed by atoms with Crippen LogP contribution in [-0.4, -0.2) is 10.3 Å². The molecule has 0 bridgehead atoms. The normalized spacial score (nSPS) is 12.7. The second kappa shape index (κ2) is 4.16. The highest BCUT2D eigenvalue weighted by Gasteiger charge is 2.11. The molecule has 4 heteroatoms. The Balaban J connectivity index is 2.42. The molecule has 0 saturated carbocycles. The number of rotatable bonds is 2. The van der Waals surface area contributed by atoms with E-state index in [9.17, 15) is 5.11 Å². The van der Waals surface area contributed by atoms with Gasteiger partial charge in [-0.2, -0.15) is 0 Å². The lowest BCUT2D eigenvalue weighted by Gasteiger charge is -1.97. The van der Waals surface area contributed by atoms with Gasteiger partial charge in [0.25, 0.3) is 0 Å². The molecule has 0 aliphatic rings. The molecule has 2 aromatic rings. The van der Waals surface area contributed by atoms with E-state index in [0.29, 0.717) is 5.76 Å². The van der Waals surface area contributed by atoms with E-state index in [1.165, 1.54) is 0 Å². The van der Waals surface area contributed by atoms with E-state index >= 15 is 0 Å². The fourth-order valence-electron chi connectivity index (χ4n) is 1.28. The van der Waals surface area contributed by atoms with Crippen molar-refractivity contribution in [3.05, 3.63) is 40.6 Å². The van der Waals surface area contributed by atoms with Crippen molar-refractivity contribution in [2.75, 3.05) is 0 Å². The minimum absolute atomic E-state index is 0.473. The molecule has 0 aliphatic heterocycles. The Hall–Kier alpha value is -1.13. The maximum absolute atomic E-state index is 9.31. The van der Waals surface area contributed by atoms with Gasteiger partial charge in [0.2, 0.25) is 0 Å². The second-order valence-corrected chi connectivity index (χ2v) is 4.12. The van der Waals surface area contributed by atoms with E-state index in [0.717, 1.165) is 15.7 Å². The lowest BCUT2D eigenvalue weighted by molar-refractivity contribution is 0.158. The van der Waals surface area contributed by atoms with Crippen LogP contribution in [0.1, 0.15) is 18.8 Å². The lowest BCUT2D eigenvalue weighted by atomic mass is 10.1. The van der Waals surface area contributed by atoms with Gasteiger partial charge in [0.1, 0.15) is 11.8 Å². The summed E-state index contributed by atoms with van der Waals surface area (Å²) in [5.74, 6) is 0.473. The van der Waals surface area contributed by atoms with Crippen molar-refractivity contribution in [2.24, 2.45) is 0 Å². The Bertz CT molecular complexity index is 465.